The number of unbranched alkanes of at least 4 members (excludes halogenated alkanes) is 1. The standard InChI is InChI=1S/C16H22N2O5/c1-3-5-8-23-13-11(19)6-7-18-12(13)14(20)17(4-2)15(21)16(18)9-22-10-16/h6-7,15,21H,3-5,8-10H2,1-2H3. The minimum absolute atomic E-state index is 0.0718. The molecule has 1 atom stereocenters. The van der Waals surface area contributed by atoms with E-state index in [1.165, 1.54) is 11.0 Å². The summed E-state index contributed by atoms with van der Waals surface area (Å²) in [5, 5.41) is 10.6. The van der Waals surface area contributed by atoms with E-state index < -0.39 is 11.8 Å². The van der Waals surface area contributed by atoms with E-state index >= 15 is 0 Å². The van der Waals surface area contributed by atoms with E-state index in [2.05, 4.69) is 0 Å². The van der Waals surface area contributed by atoms with Crippen molar-refractivity contribution in [2.24, 2.45) is 0 Å². The van der Waals surface area contributed by atoms with Crippen LogP contribution < -0.4 is 10.2 Å². The minimum Gasteiger partial charge on any atom is -0.487 e. The highest BCUT2D eigenvalue weighted by atomic mass is 16.5. The summed E-state index contributed by atoms with van der Waals surface area (Å²) in [4.78, 5) is 26.4. The number of rotatable bonds is 5. The summed E-state index contributed by atoms with van der Waals surface area (Å²) in [6, 6.07) is 1.38. The Morgan fingerprint density at radius 1 is 1.39 bits per heavy atom. The van der Waals surface area contributed by atoms with Crippen LogP contribution in [0, 0.1) is 0 Å². The van der Waals surface area contributed by atoms with E-state index in [0.717, 1.165) is 12.8 Å². The van der Waals surface area contributed by atoms with Gasteiger partial charge >= 0.3 is 0 Å². The molecule has 0 bridgehead atoms. The van der Waals surface area contributed by atoms with Crippen molar-refractivity contribution >= 4 is 5.91 Å². The molecule has 3 heterocycles. The number of likely N-dealkylation sites (N-methyl/N-ethyl adjacent to an activating group) is 1. The van der Waals surface area contributed by atoms with Gasteiger partial charge in [-0.2, -0.15) is 0 Å². The molecule has 23 heavy (non-hydrogen) atoms. The second-order valence-electron chi connectivity index (χ2n) is 5.99. The first kappa shape index (κ1) is 16.0. The highest BCUT2D eigenvalue weighted by molar-refractivity contribution is 5.96. The van der Waals surface area contributed by atoms with E-state index in [1.54, 1.807) is 17.7 Å². The number of pyridine rings is 1. The lowest BCUT2D eigenvalue weighted by molar-refractivity contribution is -0.200. The fourth-order valence-electron chi connectivity index (χ4n) is 3.13. The summed E-state index contributed by atoms with van der Waals surface area (Å²) in [6.07, 6.45) is 2.31. The van der Waals surface area contributed by atoms with Crippen molar-refractivity contribution in [3.8, 4) is 5.75 Å². The lowest BCUT2D eigenvalue weighted by Gasteiger charge is -2.53. The lowest BCUT2D eigenvalue weighted by atomic mass is 9.89. The summed E-state index contributed by atoms with van der Waals surface area (Å²) in [5.74, 6) is -0.315. The van der Waals surface area contributed by atoms with Crippen molar-refractivity contribution in [2.45, 2.75) is 38.5 Å². The minimum atomic E-state index is -0.979. The zero-order valence-electron chi connectivity index (χ0n) is 13.4. The number of carbonyl (C=O) groups excluding carboxylic acids is 1. The number of aliphatic hydroxyl groups is 1. The molecular formula is C16H22N2O5. The number of nitrogens with zero attached hydrogens (tertiary/aromatic N) is 2. The molecule has 3 rings (SSSR count). The van der Waals surface area contributed by atoms with Crippen molar-refractivity contribution in [3.05, 3.63) is 28.2 Å². The highest BCUT2D eigenvalue weighted by Gasteiger charge is 2.55. The molecule has 1 spiro atoms. The van der Waals surface area contributed by atoms with Crippen LogP contribution in [-0.2, 0) is 10.3 Å². The number of fused-ring (bicyclic) bond motifs is 2. The number of carbonyl (C=O) groups is 1. The van der Waals surface area contributed by atoms with Crippen LogP contribution in [0.25, 0.3) is 0 Å². The molecule has 1 amide bonds. The van der Waals surface area contributed by atoms with Crippen LogP contribution in [0.3, 0.4) is 0 Å². The molecule has 1 saturated heterocycles. The predicted octanol–water partition coefficient (Wildman–Crippen LogP) is 0.547. The first-order valence-electron chi connectivity index (χ1n) is 8.02. The Kier molecular flexibility index (Phi) is 4.16. The van der Waals surface area contributed by atoms with Gasteiger partial charge in [0.15, 0.2) is 17.7 Å². The lowest BCUT2D eigenvalue weighted by Crippen LogP contribution is -2.69. The van der Waals surface area contributed by atoms with Crippen molar-refractivity contribution < 1.29 is 19.4 Å². The fourth-order valence-corrected chi connectivity index (χ4v) is 3.13. The maximum Gasteiger partial charge on any atom is 0.276 e. The summed E-state index contributed by atoms with van der Waals surface area (Å²) in [5.41, 5.74) is -0.844. The predicted molar refractivity (Wildman–Crippen MR) is 82.6 cm³/mol. The van der Waals surface area contributed by atoms with Gasteiger partial charge in [0.05, 0.1) is 19.8 Å². The summed E-state index contributed by atoms with van der Waals surface area (Å²) < 4.78 is 12.6. The van der Waals surface area contributed by atoms with E-state index in [4.69, 9.17) is 9.47 Å². The number of amides is 1. The summed E-state index contributed by atoms with van der Waals surface area (Å²) >= 11 is 0. The second-order valence-corrected chi connectivity index (χ2v) is 5.99. The van der Waals surface area contributed by atoms with Crippen LogP contribution in [0.5, 0.6) is 5.75 Å². The van der Waals surface area contributed by atoms with Gasteiger partial charge in [-0.15, -0.1) is 0 Å². The molecule has 126 valence electrons. The zero-order valence-corrected chi connectivity index (χ0v) is 13.4. The molecule has 2 aliphatic rings. The molecule has 0 aliphatic carbocycles. The van der Waals surface area contributed by atoms with Gasteiger partial charge in [0, 0.05) is 18.8 Å². The number of aromatic nitrogens is 1. The Balaban J connectivity index is 2.12. The van der Waals surface area contributed by atoms with Crippen molar-refractivity contribution in [1.82, 2.24) is 9.47 Å². The fraction of sp³-hybridized carbons (Fsp3) is 0.625. The maximum absolute atomic E-state index is 12.8. The number of hydrogen-bond acceptors (Lipinski definition) is 5. The first-order chi connectivity index (χ1) is 11.1. The number of ether oxygens (including phenoxy) is 2. The normalized spacial score (nSPS) is 22.0. The van der Waals surface area contributed by atoms with Gasteiger partial charge in [0.25, 0.3) is 5.91 Å². The van der Waals surface area contributed by atoms with Gasteiger partial charge < -0.3 is 24.0 Å². The van der Waals surface area contributed by atoms with Crippen LogP contribution in [0.4, 0.5) is 0 Å². The number of aliphatic hydroxyl groups excluding tert-OH is 1. The van der Waals surface area contributed by atoms with Gasteiger partial charge in [0.1, 0.15) is 5.54 Å². The molecule has 1 aromatic rings. The molecule has 7 heteroatoms. The topological polar surface area (TPSA) is 81.0 Å². The SMILES string of the molecule is CCCCOc1c2n(ccc1=O)C1(COC1)C(O)N(CC)C2=O. The summed E-state index contributed by atoms with van der Waals surface area (Å²) in [6.45, 7) is 5.14. The number of hydrogen-bond donors (Lipinski definition) is 1. The van der Waals surface area contributed by atoms with E-state index in [9.17, 15) is 14.7 Å². The molecule has 7 nitrogen and oxygen atoms in total. The van der Waals surface area contributed by atoms with Crippen LogP contribution >= 0.6 is 0 Å². The Hall–Kier alpha value is -1.86. The Labute approximate surface area is 134 Å². The molecule has 1 N–H and O–H groups in total. The Bertz CT molecular complexity index is 665. The molecular weight excluding hydrogens is 300 g/mol. The Morgan fingerprint density at radius 3 is 2.70 bits per heavy atom. The first-order valence-corrected chi connectivity index (χ1v) is 8.02. The van der Waals surface area contributed by atoms with E-state index in [-0.39, 0.29) is 22.8 Å². The highest BCUT2D eigenvalue weighted by Crippen LogP contribution is 2.39. The molecule has 1 fully saturated rings. The van der Waals surface area contributed by atoms with Crippen LogP contribution in [-0.4, -0.2) is 53.1 Å². The third-order valence-electron chi connectivity index (χ3n) is 4.56. The maximum atomic E-state index is 12.8. The smallest absolute Gasteiger partial charge is 0.276 e. The third-order valence-corrected chi connectivity index (χ3v) is 4.56. The van der Waals surface area contributed by atoms with Crippen molar-refractivity contribution in [2.75, 3.05) is 26.4 Å². The second kappa shape index (κ2) is 5.98. The quantitative estimate of drug-likeness (QED) is 0.801. The average Bonchev–Trinajstić information content (AvgIpc) is 2.49. The monoisotopic (exact) mass is 322 g/mol. The molecule has 0 saturated carbocycles. The van der Waals surface area contributed by atoms with Gasteiger partial charge in [-0.3, -0.25) is 9.59 Å². The van der Waals surface area contributed by atoms with Gasteiger partial charge in [-0.25, -0.2) is 0 Å². The van der Waals surface area contributed by atoms with Gasteiger partial charge in [-0.05, 0) is 13.3 Å². The average molecular weight is 322 g/mol. The molecule has 2 aliphatic heterocycles. The third kappa shape index (κ3) is 2.26. The van der Waals surface area contributed by atoms with Crippen LogP contribution in [0.15, 0.2) is 17.1 Å². The van der Waals surface area contributed by atoms with Crippen LogP contribution in [0.2, 0.25) is 0 Å². The molecule has 0 aromatic carbocycles. The summed E-state index contributed by atoms with van der Waals surface area (Å²) in [7, 11) is 0. The van der Waals surface area contributed by atoms with Crippen molar-refractivity contribution in [1.29, 1.82) is 0 Å². The van der Waals surface area contributed by atoms with E-state index in [0.29, 0.717) is 26.4 Å². The molecule has 0 radical (unpaired) electrons. The molecule has 1 unspecified atom stereocenters. The van der Waals surface area contributed by atoms with Crippen molar-refractivity contribution in [3.63, 3.8) is 0 Å². The van der Waals surface area contributed by atoms with Gasteiger partial charge in [0.2, 0.25) is 5.43 Å². The molecule has 1 aromatic heterocycles. The van der Waals surface area contributed by atoms with E-state index in [1.807, 2.05) is 6.92 Å². The Morgan fingerprint density at radius 2 is 2.13 bits per heavy atom. The largest absolute Gasteiger partial charge is 0.487 e. The van der Waals surface area contributed by atoms with Gasteiger partial charge in [-0.1, -0.05) is 13.3 Å². The zero-order chi connectivity index (χ0) is 16.6. The van der Waals surface area contributed by atoms with Crippen LogP contribution in [0.1, 0.15) is 37.2 Å².